The number of aromatic nitrogens is 3. The Bertz CT molecular complexity index is 2820. The van der Waals surface area contributed by atoms with Crippen LogP contribution in [0.4, 0.5) is 0 Å². The van der Waals surface area contributed by atoms with Crippen molar-refractivity contribution in [2.24, 2.45) is 5.73 Å². The zero-order valence-corrected chi connectivity index (χ0v) is 24.6. The van der Waals surface area contributed by atoms with Crippen LogP contribution >= 0.6 is 0 Å². The Balaban J connectivity index is 1.23. The van der Waals surface area contributed by atoms with E-state index >= 15 is 0 Å². The molecule has 0 spiro atoms. The van der Waals surface area contributed by atoms with Crippen LogP contribution in [0.25, 0.3) is 78.0 Å². The molecule has 0 amide bonds. The molecule has 0 atom stereocenters. The molecule has 5 aromatic carbocycles. The van der Waals surface area contributed by atoms with Crippen molar-refractivity contribution >= 4 is 66.6 Å². The van der Waals surface area contributed by atoms with Crippen LogP contribution in [0.2, 0.25) is 0 Å². The van der Waals surface area contributed by atoms with Crippen LogP contribution in [0.15, 0.2) is 132 Å². The molecule has 0 radical (unpaired) electrons. The number of nitrogens with two attached hydrogens (primary N) is 1. The SMILES string of the molecule is N/C=c1\c(=C2/Cc3ncc4c(c3O2)c2ccccc2n4-c2ccc3oc4ccccc4c3c2)c2ccccc2n1-c1ccccc1. The third kappa shape index (κ3) is 3.38. The van der Waals surface area contributed by atoms with E-state index in [1.54, 1.807) is 6.20 Å². The second kappa shape index (κ2) is 9.36. The van der Waals surface area contributed by atoms with Gasteiger partial charge in [0.1, 0.15) is 16.9 Å². The van der Waals surface area contributed by atoms with Crippen LogP contribution in [-0.2, 0) is 6.42 Å². The van der Waals surface area contributed by atoms with Gasteiger partial charge in [-0.3, -0.25) is 4.98 Å². The number of benzene rings is 5. The summed E-state index contributed by atoms with van der Waals surface area (Å²) in [5, 5.41) is 7.34. The minimum absolute atomic E-state index is 0.571. The van der Waals surface area contributed by atoms with Crippen molar-refractivity contribution in [3.8, 4) is 17.1 Å². The van der Waals surface area contributed by atoms with Crippen molar-refractivity contribution in [1.29, 1.82) is 0 Å². The highest BCUT2D eigenvalue weighted by Crippen LogP contribution is 2.43. The average Bonchev–Trinajstić information content (AvgIpc) is 3.86. The first-order valence-electron chi connectivity index (χ1n) is 15.4. The van der Waals surface area contributed by atoms with Gasteiger partial charge in [0.25, 0.3) is 0 Å². The molecule has 0 bridgehead atoms. The molecular formula is C40H26N4O2. The van der Waals surface area contributed by atoms with Crippen LogP contribution in [0.5, 0.6) is 5.75 Å². The van der Waals surface area contributed by atoms with E-state index in [-0.39, 0.29) is 0 Å². The molecule has 6 nitrogen and oxygen atoms in total. The van der Waals surface area contributed by atoms with Crippen molar-refractivity contribution in [2.75, 3.05) is 0 Å². The number of furan rings is 1. The number of para-hydroxylation sites is 4. The molecule has 0 unspecified atom stereocenters. The summed E-state index contributed by atoms with van der Waals surface area (Å²) in [5.41, 5.74) is 14.3. The van der Waals surface area contributed by atoms with Gasteiger partial charge in [-0.2, -0.15) is 0 Å². The van der Waals surface area contributed by atoms with Crippen molar-refractivity contribution in [2.45, 2.75) is 6.42 Å². The predicted octanol–water partition coefficient (Wildman–Crippen LogP) is 7.46. The summed E-state index contributed by atoms with van der Waals surface area (Å²) in [6.07, 6.45) is 4.25. The van der Waals surface area contributed by atoms with Gasteiger partial charge >= 0.3 is 0 Å². The van der Waals surface area contributed by atoms with Crippen molar-refractivity contribution in [3.05, 3.63) is 144 Å². The maximum Gasteiger partial charge on any atom is 0.158 e. The fourth-order valence-corrected chi connectivity index (χ4v) is 7.35. The normalized spacial score (nSPS) is 14.7. The van der Waals surface area contributed by atoms with Gasteiger partial charge in [-0.05, 0) is 48.5 Å². The van der Waals surface area contributed by atoms with Gasteiger partial charge in [-0.25, -0.2) is 0 Å². The van der Waals surface area contributed by atoms with E-state index in [2.05, 4.69) is 94.1 Å². The zero-order valence-electron chi connectivity index (χ0n) is 24.6. The molecule has 0 aliphatic carbocycles. The minimum Gasteiger partial charge on any atom is -0.458 e. The molecule has 2 N–H and O–H groups in total. The molecule has 6 heteroatoms. The monoisotopic (exact) mass is 594 g/mol. The average molecular weight is 595 g/mol. The number of nitrogens with zero attached hydrogens (tertiary/aromatic N) is 3. The number of pyridine rings is 1. The standard InChI is InChI=1S/C40H26N4O2/c41-22-33-38(27-13-4-7-15-31(27)43(33)24-10-2-1-3-11-24)37-21-30-40(46-37)39-28-14-5-8-16-32(28)44(34(39)23-42-30)25-18-19-36-29(20-25)26-12-6-9-17-35(26)45-36/h1-20,22-23H,21,41H2/b33-22+,38-37+. The Kier molecular flexibility index (Phi) is 5.11. The molecule has 1 aliphatic rings. The number of rotatable bonds is 2. The molecule has 4 aromatic heterocycles. The van der Waals surface area contributed by atoms with E-state index in [1.807, 2.05) is 42.6 Å². The Hall–Kier alpha value is -6.27. The molecule has 1 aliphatic heterocycles. The summed E-state index contributed by atoms with van der Waals surface area (Å²) in [6, 6.07) is 41.8. The van der Waals surface area contributed by atoms with Gasteiger partial charge in [-0.15, -0.1) is 0 Å². The smallest absolute Gasteiger partial charge is 0.158 e. The molecule has 46 heavy (non-hydrogen) atoms. The van der Waals surface area contributed by atoms with Crippen molar-refractivity contribution in [3.63, 3.8) is 0 Å². The first-order chi connectivity index (χ1) is 22.8. The molecule has 5 heterocycles. The predicted molar refractivity (Wildman–Crippen MR) is 185 cm³/mol. The molecule has 10 rings (SSSR count). The third-order valence-electron chi connectivity index (χ3n) is 9.28. The molecule has 0 fully saturated rings. The van der Waals surface area contributed by atoms with Crippen LogP contribution < -0.4 is 21.0 Å². The summed E-state index contributed by atoms with van der Waals surface area (Å²) in [5.74, 6) is 1.65. The summed E-state index contributed by atoms with van der Waals surface area (Å²) < 4.78 is 17.5. The highest BCUT2D eigenvalue weighted by Gasteiger charge is 2.28. The van der Waals surface area contributed by atoms with Crippen LogP contribution in [-0.4, -0.2) is 14.1 Å². The van der Waals surface area contributed by atoms with Crippen molar-refractivity contribution < 1.29 is 9.15 Å². The van der Waals surface area contributed by atoms with Crippen LogP contribution in [0.3, 0.4) is 0 Å². The second-order valence-corrected chi connectivity index (χ2v) is 11.7. The minimum atomic E-state index is 0.571. The van der Waals surface area contributed by atoms with E-state index < -0.39 is 0 Å². The summed E-state index contributed by atoms with van der Waals surface area (Å²) in [4.78, 5) is 5.01. The van der Waals surface area contributed by atoms with Gasteiger partial charge in [0.2, 0.25) is 0 Å². The lowest BCUT2D eigenvalue weighted by Crippen LogP contribution is -2.32. The number of ether oxygens (including phenoxy) is 1. The number of hydrogen-bond acceptors (Lipinski definition) is 4. The quantitative estimate of drug-likeness (QED) is 0.226. The Morgan fingerprint density at radius 2 is 1.33 bits per heavy atom. The lowest BCUT2D eigenvalue weighted by Gasteiger charge is -2.08. The van der Waals surface area contributed by atoms with E-state index in [0.717, 1.165) is 93.8 Å². The summed E-state index contributed by atoms with van der Waals surface area (Å²) in [7, 11) is 0. The van der Waals surface area contributed by atoms with Gasteiger partial charge in [-0.1, -0.05) is 72.8 Å². The first-order valence-corrected chi connectivity index (χ1v) is 15.4. The third-order valence-corrected chi connectivity index (χ3v) is 9.28. The maximum absolute atomic E-state index is 6.92. The van der Waals surface area contributed by atoms with Gasteiger partial charge in [0, 0.05) is 44.3 Å². The van der Waals surface area contributed by atoms with Gasteiger partial charge in [0.15, 0.2) is 5.75 Å². The van der Waals surface area contributed by atoms with Crippen LogP contribution in [0.1, 0.15) is 5.69 Å². The fraction of sp³-hybridized carbons (Fsp3) is 0.0250. The van der Waals surface area contributed by atoms with E-state index in [1.165, 1.54) is 0 Å². The first kappa shape index (κ1) is 25.1. The maximum atomic E-state index is 6.92. The number of hydrogen-bond donors (Lipinski definition) is 1. The van der Waals surface area contributed by atoms with Crippen LogP contribution in [0, 0.1) is 0 Å². The summed E-state index contributed by atoms with van der Waals surface area (Å²) >= 11 is 0. The molecule has 0 saturated heterocycles. The molecule has 218 valence electrons. The molecular weight excluding hydrogens is 568 g/mol. The lowest BCUT2D eigenvalue weighted by molar-refractivity contribution is 0.528. The lowest BCUT2D eigenvalue weighted by atomic mass is 10.1. The zero-order chi connectivity index (χ0) is 30.4. The topological polar surface area (TPSA) is 71.1 Å². The summed E-state index contributed by atoms with van der Waals surface area (Å²) in [6.45, 7) is 0. The number of fused-ring (bicyclic) bond motifs is 9. The van der Waals surface area contributed by atoms with E-state index in [4.69, 9.17) is 19.9 Å². The second-order valence-electron chi connectivity index (χ2n) is 11.7. The van der Waals surface area contributed by atoms with E-state index in [9.17, 15) is 0 Å². The fourth-order valence-electron chi connectivity index (χ4n) is 7.35. The molecule has 0 saturated carbocycles. The van der Waals surface area contributed by atoms with Gasteiger partial charge < -0.3 is 24.0 Å². The van der Waals surface area contributed by atoms with Crippen molar-refractivity contribution in [1.82, 2.24) is 14.1 Å². The highest BCUT2D eigenvalue weighted by atomic mass is 16.5. The van der Waals surface area contributed by atoms with Gasteiger partial charge in [0.05, 0.1) is 45.6 Å². The largest absolute Gasteiger partial charge is 0.458 e. The van der Waals surface area contributed by atoms with E-state index in [0.29, 0.717) is 6.42 Å². The Morgan fingerprint density at radius 1 is 0.630 bits per heavy atom. The highest BCUT2D eigenvalue weighted by molar-refractivity contribution is 6.13. The molecule has 9 aromatic rings. The Labute approximate surface area is 262 Å². The Morgan fingerprint density at radius 3 is 2.15 bits per heavy atom.